The summed E-state index contributed by atoms with van der Waals surface area (Å²) in [6, 6.07) is 4.89. The molecule has 0 saturated carbocycles. The minimum Gasteiger partial charge on any atom is -0.371 e. The molecular weight excluding hydrogens is 226 g/mol. The van der Waals surface area contributed by atoms with Gasteiger partial charge < -0.3 is 5.32 Å². The molecule has 0 bridgehead atoms. The molecule has 1 aromatic carbocycles. The molecule has 0 spiro atoms. The third-order valence-corrected chi connectivity index (χ3v) is 4.56. The first-order valence-corrected chi connectivity index (χ1v) is 6.42. The molecule has 1 N–H and O–H groups in total. The van der Waals surface area contributed by atoms with Gasteiger partial charge in [-0.1, -0.05) is 6.07 Å². The zero-order valence-electron chi connectivity index (χ0n) is 9.37. The van der Waals surface area contributed by atoms with Gasteiger partial charge in [0.15, 0.2) is 0 Å². The van der Waals surface area contributed by atoms with Gasteiger partial charge in [-0.2, -0.15) is 0 Å². The maximum Gasteiger partial charge on any atom is 0.275 e. The van der Waals surface area contributed by atoms with E-state index in [9.17, 15) is 13.2 Å². The molecule has 1 aromatic rings. The highest BCUT2D eigenvalue weighted by molar-refractivity contribution is 8.06. The van der Waals surface area contributed by atoms with Gasteiger partial charge in [0.25, 0.3) is 5.12 Å². The summed E-state index contributed by atoms with van der Waals surface area (Å²) in [6.45, 7) is 5.01. The van der Waals surface area contributed by atoms with Gasteiger partial charge in [-0.05, 0) is 38.5 Å². The fraction of sp³-hybridized carbons (Fsp3) is 0.364. The lowest BCUT2D eigenvalue weighted by atomic mass is 10.1. The van der Waals surface area contributed by atoms with Gasteiger partial charge in [-0.25, -0.2) is 8.42 Å². The number of aryl methyl sites for hydroxylation is 1. The summed E-state index contributed by atoms with van der Waals surface area (Å²) in [7, 11) is -3.85. The number of benzene rings is 1. The predicted molar refractivity (Wildman–Crippen MR) is 61.1 cm³/mol. The Bertz CT molecular complexity index is 573. The van der Waals surface area contributed by atoms with Gasteiger partial charge >= 0.3 is 0 Å². The standard InChI is InChI=1S/C11H13NO3S/c1-7-4-5-9-8(6-7)12-11(2,3)10(13)16(9,14)15/h4-6,12H,1-3H3. The maximum absolute atomic E-state index is 11.9. The molecule has 0 aromatic heterocycles. The van der Waals surface area contributed by atoms with Crippen molar-refractivity contribution in [2.75, 3.05) is 5.32 Å². The Kier molecular flexibility index (Phi) is 2.14. The summed E-state index contributed by atoms with van der Waals surface area (Å²) in [5, 5.41) is 2.17. The SMILES string of the molecule is Cc1ccc2c(c1)NC(C)(C)C(=O)S2(=O)=O. The number of hydrogen-bond donors (Lipinski definition) is 1. The molecule has 5 heteroatoms. The number of carbonyl (C=O) groups excluding carboxylic acids is 1. The van der Waals surface area contributed by atoms with Gasteiger partial charge in [0.1, 0.15) is 5.54 Å². The molecule has 0 amide bonds. The minimum absolute atomic E-state index is 0.0717. The van der Waals surface area contributed by atoms with E-state index in [0.717, 1.165) is 5.56 Å². The summed E-state index contributed by atoms with van der Waals surface area (Å²) >= 11 is 0. The van der Waals surface area contributed by atoms with Crippen LogP contribution in [0, 0.1) is 6.92 Å². The lowest BCUT2D eigenvalue weighted by Crippen LogP contribution is -2.48. The van der Waals surface area contributed by atoms with E-state index in [2.05, 4.69) is 5.32 Å². The molecule has 86 valence electrons. The highest BCUT2D eigenvalue weighted by atomic mass is 32.2. The fourth-order valence-corrected chi connectivity index (χ4v) is 3.37. The third kappa shape index (κ3) is 1.43. The smallest absolute Gasteiger partial charge is 0.275 e. The Morgan fingerprint density at radius 1 is 1.25 bits per heavy atom. The second-order valence-electron chi connectivity index (χ2n) is 4.54. The van der Waals surface area contributed by atoms with Crippen LogP contribution in [0.3, 0.4) is 0 Å². The summed E-state index contributed by atoms with van der Waals surface area (Å²) < 4.78 is 23.9. The molecule has 1 heterocycles. The van der Waals surface area contributed by atoms with Crippen LogP contribution >= 0.6 is 0 Å². The van der Waals surface area contributed by atoms with E-state index in [0.29, 0.717) is 5.69 Å². The highest BCUT2D eigenvalue weighted by Gasteiger charge is 2.44. The quantitative estimate of drug-likeness (QED) is 0.745. The number of anilines is 1. The van der Waals surface area contributed by atoms with Crippen molar-refractivity contribution >= 4 is 20.6 Å². The summed E-state index contributed by atoms with van der Waals surface area (Å²) in [5.74, 6) is 0. The van der Waals surface area contributed by atoms with Crippen molar-refractivity contribution in [2.45, 2.75) is 31.2 Å². The Balaban J connectivity index is 2.76. The van der Waals surface area contributed by atoms with E-state index in [-0.39, 0.29) is 4.90 Å². The molecule has 2 rings (SSSR count). The predicted octanol–water partition coefficient (Wildman–Crippen LogP) is 1.50. The molecule has 0 fully saturated rings. The van der Waals surface area contributed by atoms with Gasteiger partial charge in [0.05, 0.1) is 10.6 Å². The first-order valence-electron chi connectivity index (χ1n) is 4.93. The van der Waals surface area contributed by atoms with E-state index in [4.69, 9.17) is 0 Å². The van der Waals surface area contributed by atoms with Crippen molar-refractivity contribution in [3.8, 4) is 0 Å². The summed E-state index contributed by atoms with van der Waals surface area (Å²) in [5.41, 5.74) is 0.385. The molecule has 1 aliphatic heterocycles. The Labute approximate surface area is 94.6 Å². The van der Waals surface area contributed by atoms with Crippen LogP contribution in [0.25, 0.3) is 0 Å². The fourth-order valence-electron chi connectivity index (χ4n) is 1.80. The van der Waals surface area contributed by atoms with Crippen molar-refractivity contribution in [1.29, 1.82) is 0 Å². The molecule has 4 nitrogen and oxygen atoms in total. The number of carbonyl (C=O) groups is 1. The Morgan fingerprint density at radius 2 is 1.88 bits per heavy atom. The van der Waals surface area contributed by atoms with E-state index in [1.54, 1.807) is 26.0 Å². The van der Waals surface area contributed by atoms with Crippen LogP contribution in [0.1, 0.15) is 19.4 Å². The summed E-state index contributed by atoms with van der Waals surface area (Å²) in [4.78, 5) is 11.8. The van der Waals surface area contributed by atoms with Crippen LogP contribution in [0.2, 0.25) is 0 Å². The van der Waals surface area contributed by atoms with Crippen LogP contribution in [-0.2, 0) is 14.6 Å². The summed E-state index contributed by atoms with van der Waals surface area (Å²) in [6.07, 6.45) is 0. The molecular formula is C11H13NO3S. The number of rotatable bonds is 0. The zero-order chi connectivity index (χ0) is 12.1. The van der Waals surface area contributed by atoms with E-state index in [1.807, 2.05) is 6.92 Å². The van der Waals surface area contributed by atoms with Crippen LogP contribution in [0.4, 0.5) is 5.69 Å². The number of hydrogen-bond acceptors (Lipinski definition) is 4. The minimum atomic E-state index is -3.85. The average Bonchev–Trinajstić information content (AvgIpc) is 2.13. The lowest BCUT2D eigenvalue weighted by Gasteiger charge is -2.31. The monoisotopic (exact) mass is 239 g/mol. The third-order valence-electron chi connectivity index (χ3n) is 2.63. The molecule has 0 atom stereocenters. The van der Waals surface area contributed by atoms with Crippen molar-refractivity contribution in [3.05, 3.63) is 23.8 Å². The molecule has 0 unspecified atom stereocenters. The largest absolute Gasteiger partial charge is 0.371 e. The second-order valence-corrected chi connectivity index (χ2v) is 6.36. The van der Waals surface area contributed by atoms with Crippen LogP contribution in [0.5, 0.6) is 0 Å². The van der Waals surface area contributed by atoms with Gasteiger partial charge in [0.2, 0.25) is 9.84 Å². The first-order chi connectivity index (χ1) is 7.25. The van der Waals surface area contributed by atoms with Crippen molar-refractivity contribution in [1.82, 2.24) is 0 Å². The van der Waals surface area contributed by atoms with E-state index < -0.39 is 20.5 Å². The van der Waals surface area contributed by atoms with Crippen molar-refractivity contribution in [3.63, 3.8) is 0 Å². The molecule has 16 heavy (non-hydrogen) atoms. The molecule has 0 radical (unpaired) electrons. The van der Waals surface area contributed by atoms with Crippen LogP contribution in [0.15, 0.2) is 23.1 Å². The van der Waals surface area contributed by atoms with Crippen LogP contribution < -0.4 is 5.32 Å². The Hall–Kier alpha value is -1.36. The number of sulfone groups is 1. The van der Waals surface area contributed by atoms with Crippen molar-refractivity contribution in [2.24, 2.45) is 0 Å². The first kappa shape index (κ1) is 11.1. The van der Waals surface area contributed by atoms with Gasteiger partial charge in [-0.15, -0.1) is 0 Å². The molecule has 1 aliphatic rings. The average molecular weight is 239 g/mol. The highest BCUT2D eigenvalue weighted by Crippen LogP contribution is 2.34. The second kappa shape index (κ2) is 3.07. The van der Waals surface area contributed by atoms with Gasteiger partial charge in [-0.3, -0.25) is 4.79 Å². The normalized spacial score (nSPS) is 21.1. The van der Waals surface area contributed by atoms with Gasteiger partial charge in [0, 0.05) is 0 Å². The zero-order valence-corrected chi connectivity index (χ0v) is 10.2. The van der Waals surface area contributed by atoms with Crippen LogP contribution in [-0.4, -0.2) is 19.1 Å². The topological polar surface area (TPSA) is 63.2 Å². The number of nitrogens with one attached hydrogen (secondary N) is 1. The molecule has 0 aliphatic carbocycles. The molecule has 0 saturated heterocycles. The Morgan fingerprint density at radius 3 is 2.50 bits per heavy atom. The van der Waals surface area contributed by atoms with E-state index in [1.165, 1.54) is 6.07 Å². The van der Waals surface area contributed by atoms with Crippen molar-refractivity contribution < 1.29 is 13.2 Å². The number of fused-ring (bicyclic) bond motifs is 1. The maximum atomic E-state index is 11.9. The van der Waals surface area contributed by atoms with E-state index >= 15 is 0 Å². The lowest BCUT2D eigenvalue weighted by molar-refractivity contribution is -0.114.